The van der Waals surface area contributed by atoms with Crippen molar-refractivity contribution in [2.24, 2.45) is 0 Å². The molecule has 0 N–H and O–H groups in total. The van der Waals surface area contributed by atoms with Gasteiger partial charge in [0.15, 0.2) is 0 Å². The average molecular weight is 980 g/mol. The summed E-state index contributed by atoms with van der Waals surface area (Å²) in [5, 5.41) is 12.4. The summed E-state index contributed by atoms with van der Waals surface area (Å²) in [4.78, 5) is 0. The zero-order valence-corrected chi connectivity index (χ0v) is 41.7. The highest BCUT2D eigenvalue weighted by atomic mass is 15.1. The molecule has 358 valence electrons. The van der Waals surface area contributed by atoms with Crippen molar-refractivity contribution in [2.75, 3.05) is 0 Å². The predicted octanol–water partition coefficient (Wildman–Crippen LogP) is 18.8. The predicted molar refractivity (Wildman–Crippen MR) is 324 cm³/mol. The molecule has 5 nitrogen and oxygen atoms in total. The number of fused-ring (bicyclic) bond motifs is 17. The van der Waals surface area contributed by atoms with Crippen LogP contribution in [0, 0.1) is 0 Å². The van der Waals surface area contributed by atoms with E-state index in [0.717, 1.165) is 28.4 Å². The lowest BCUT2D eigenvalue weighted by Crippen LogP contribution is -1.99. The summed E-state index contributed by atoms with van der Waals surface area (Å²) in [6.45, 7) is 0. The first-order valence-corrected chi connectivity index (χ1v) is 26.5. The number of aromatic nitrogens is 5. The normalized spacial score (nSPS) is 12.2. The van der Waals surface area contributed by atoms with E-state index in [0.29, 0.717) is 0 Å². The van der Waals surface area contributed by atoms with Crippen molar-refractivity contribution in [1.29, 1.82) is 0 Å². The van der Waals surface area contributed by atoms with Crippen LogP contribution in [0.2, 0.25) is 0 Å². The number of hydrogen-bond donors (Lipinski definition) is 0. The van der Waals surface area contributed by atoms with Crippen molar-refractivity contribution >= 4 is 109 Å². The van der Waals surface area contributed by atoms with Crippen molar-refractivity contribution in [3.05, 3.63) is 273 Å². The summed E-state index contributed by atoms with van der Waals surface area (Å²) >= 11 is 0. The van der Waals surface area contributed by atoms with Gasteiger partial charge < -0.3 is 22.8 Å². The second-order valence-corrected chi connectivity index (χ2v) is 20.4. The van der Waals surface area contributed by atoms with Gasteiger partial charge in [0.1, 0.15) is 0 Å². The van der Waals surface area contributed by atoms with Gasteiger partial charge in [-0.15, -0.1) is 0 Å². The van der Waals surface area contributed by atoms with E-state index < -0.39 is 0 Å². The van der Waals surface area contributed by atoms with Gasteiger partial charge in [-0.1, -0.05) is 176 Å². The maximum Gasteiger partial charge on any atom is 0.0788 e. The van der Waals surface area contributed by atoms with E-state index in [1.165, 1.54) is 120 Å². The molecule has 0 unspecified atom stereocenters. The van der Waals surface area contributed by atoms with Crippen molar-refractivity contribution in [3.63, 3.8) is 0 Å². The molecule has 0 saturated carbocycles. The molecule has 5 aromatic heterocycles. The molecule has 0 aliphatic heterocycles. The van der Waals surface area contributed by atoms with Gasteiger partial charge in [0.2, 0.25) is 0 Å². The third-order valence-corrected chi connectivity index (χ3v) is 16.5. The third-order valence-electron chi connectivity index (χ3n) is 16.5. The summed E-state index contributed by atoms with van der Waals surface area (Å²) in [6, 6.07) is 100. The van der Waals surface area contributed by atoms with Crippen molar-refractivity contribution < 1.29 is 0 Å². The molecule has 77 heavy (non-hydrogen) atoms. The molecule has 0 fully saturated rings. The zero-order chi connectivity index (χ0) is 50.3. The Hall–Kier alpha value is -10.4. The molecule has 0 aliphatic carbocycles. The lowest BCUT2D eigenvalue weighted by Gasteiger charge is -2.14. The van der Waals surface area contributed by atoms with E-state index in [2.05, 4.69) is 296 Å². The Morgan fingerprint density at radius 3 is 0.974 bits per heavy atom. The highest BCUT2D eigenvalue weighted by molar-refractivity contribution is 6.27. The molecule has 0 radical (unpaired) electrons. The van der Waals surface area contributed by atoms with Crippen LogP contribution in [0.4, 0.5) is 0 Å². The van der Waals surface area contributed by atoms with Gasteiger partial charge in [-0.2, -0.15) is 0 Å². The average Bonchev–Trinajstić information content (AvgIpc) is 4.49. The number of benzene rings is 12. The van der Waals surface area contributed by atoms with Gasteiger partial charge in [0.05, 0.1) is 55.2 Å². The minimum absolute atomic E-state index is 1.12. The molecule has 17 rings (SSSR count). The first kappa shape index (κ1) is 42.0. The largest absolute Gasteiger partial charge is 0.309 e. The van der Waals surface area contributed by atoms with Crippen LogP contribution in [-0.2, 0) is 0 Å². The molecular formula is C72H45N5. The van der Waals surface area contributed by atoms with E-state index in [4.69, 9.17) is 0 Å². The summed E-state index contributed by atoms with van der Waals surface area (Å²) < 4.78 is 12.3. The maximum absolute atomic E-state index is 2.50. The zero-order valence-electron chi connectivity index (χ0n) is 41.7. The van der Waals surface area contributed by atoms with Crippen LogP contribution in [0.3, 0.4) is 0 Å². The van der Waals surface area contributed by atoms with Gasteiger partial charge in [0.25, 0.3) is 0 Å². The van der Waals surface area contributed by atoms with Gasteiger partial charge >= 0.3 is 0 Å². The topological polar surface area (TPSA) is 24.6 Å². The number of nitrogens with zero attached hydrogens (tertiary/aromatic N) is 5. The van der Waals surface area contributed by atoms with Crippen molar-refractivity contribution in [3.8, 4) is 39.6 Å². The third kappa shape index (κ3) is 5.94. The van der Waals surface area contributed by atoms with Crippen LogP contribution in [0.25, 0.3) is 149 Å². The van der Waals surface area contributed by atoms with Gasteiger partial charge in [0, 0.05) is 82.3 Å². The van der Waals surface area contributed by atoms with E-state index in [1.54, 1.807) is 0 Å². The van der Waals surface area contributed by atoms with E-state index in [1.807, 2.05) is 0 Å². The number of para-hydroxylation sites is 7. The Morgan fingerprint density at radius 2 is 0.481 bits per heavy atom. The summed E-state index contributed by atoms with van der Waals surface area (Å²) in [6.07, 6.45) is 0. The lowest BCUT2D eigenvalue weighted by atomic mass is 10.0. The lowest BCUT2D eigenvalue weighted by molar-refractivity contribution is 1.14. The van der Waals surface area contributed by atoms with Crippen LogP contribution < -0.4 is 0 Å². The molecule has 5 heteroatoms. The van der Waals surface area contributed by atoms with E-state index in [-0.39, 0.29) is 0 Å². The molecule has 0 amide bonds. The quantitative estimate of drug-likeness (QED) is 0.159. The molecule has 0 aliphatic rings. The minimum atomic E-state index is 1.12. The Bertz CT molecular complexity index is 5200. The number of hydrogen-bond acceptors (Lipinski definition) is 0. The molecule has 0 spiro atoms. The Kier molecular flexibility index (Phi) is 8.77. The van der Waals surface area contributed by atoms with Gasteiger partial charge in [-0.3, -0.25) is 0 Å². The maximum atomic E-state index is 2.50. The van der Waals surface area contributed by atoms with Gasteiger partial charge in [-0.25, -0.2) is 0 Å². The second kappa shape index (κ2) is 16.1. The molecule has 0 bridgehead atoms. The summed E-state index contributed by atoms with van der Waals surface area (Å²) in [7, 11) is 0. The monoisotopic (exact) mass is 979 g/mol. The van der Waals surface area contributed by atoms with E-state index >= 15 is 0 Å². The number of rotatable bonds is 6. The molecule has 12 aromatic carbocycles. The van der Waals surface area contributed by atoms with Crippen LogP contribution in [0.5, 0.6) is 0 Å². The first-order valence-electron chi connectivity index (χ1n) is 26.5. The van der Waals surface area contributed by atoms with Crippen LogP contribution in [-0.4, -0.2) is 22.8 Å². The molecule has 5 heterocycles. The first-order chi connectivity index (χ1) is 38.2. The van der Waals surface area contributed by atoms with Gasteiger partial charge in [-0.05, 0) is 108 Å². The fourth-order valence-electron chi connectivity index (χ4n) is 13.2. The van der Waals surface area contributed by atoms with Crippen molar-refractivity contribution in [2.45, 2.75) is 0 Å². The van der Waals surface area contributed by atoms with E-state index in [9.17, 15) is 0 Å². The summed E-state index contributed by atoms with van der Waals surface area (Å²) in [5.41, 5.74) is 19.9. The van der Waals surface area contributed by atoms with Crippen molar-refractivity contribution in [1.82, 2.24) is 22.8 Å². The fraction of sp³-hybridized carbons (Fsp3) is 0. The highest BCUT2D eigenvalue weighted by Gasteiger charge is 2.24. The minimum Gasteiger partial charge on any atom is -0.309 e. The second-order valence-electron chi connectivity index (χ2n) is 20.4. The van der Waals surface area contributed by atoms with Crippen LogP contribution >= 0.6 is 0 Å². The Labute approximate surface area is 442 Å². The Balaban J connectivity index is 0.802. The Morgan fingerprint density at radius 1 is 0.169 bits per heavy atom. The summed E-state index contributed by atoms with van der Waals surface area (Å²) in [5.74, 6) is 0. The molecule has 17 aromatic rings. The fourth-order valence-corrected chi connectivity index (χ4v) is 13.2. The molecular weight excluding hydrogens is 935 g/mol. The highest BCUT2D eigenvalue weighted by Crippen LogP contribution is 2.45. The van der Waals surface area contributed by atoms with Crippen LogP contribution in [0.1, 0.15) is 0 Å². The molecule has 0 saturated heterocycles. The standard InChI is InChI=1S/C72H45N5/c1-2-17-48(18-3-1)75-64-29-12-7-24-56(64)59-41-42-60-57-25-8-13-30-65(57)76(72(60)71(59)75)50-39-35-47(36-40-50)46-33-37-49(38-34-46)73-67-32-15-9-26-61(67)69-68(73)44-43-58-55-23-6-14-31-66(55)77(70(58)69)52-20-16-19-51(45-52)74-62-27-10-4-21-53(62)54-22-5-11-28-63(54)74/h1-45H. The SMILES string of the molecule is c1ccc(-n2c3ccccc3c3ccc4c5ccccc5n(-c5ccc(-c6ccc(-n7c8ccccc8c8c7ccc7c9ccccc9n(-c9cccc(-n%10c%11ccccc%11c%11ccccc%11%10)c9)c78)cc6)cc5)c4c32)cc1. The molecule has 0 atom stereocenters. The smallest absolute Gasteiger partial charge is 0.0788 e. The van der Waals surface area contributed by atoms with Crippen LogP contribution in [0.15, 0.2) is 273 Å².